The Kier molecular flexibility index (Phi) is 4.94. The van der Waals surface area contributed by atoms with E-state index in [2.05, 4.69) is 13.8 Å². The van der Waals surface area contributed by atoms with Crippen molar-refractivity contribution in [3.63, 3.8) is 0 Å². The molecule has 1 aliphatic rings. The van der Waals surface area contributed by atoms with Crippen molar-refractivity contribution in [2.45, 2.75) is 57.3 Å². The van der Waals surface area contributed by atoms with Gasteiger partial charge in [0.2, 0.25) is 0 Å². The molecule has 70 valence electrons. The van der Waals surface area contributed by atoms with E-state index in [0.717, 1.165) is 15.0 Å². The molecule has 0 aromatic heterocycles. The van der Waals surface area contributed by atoms with E-state index in [-0.39, 0.29) is 0 Å². The fraction of sp³-hybridized carbons (Fsp3) is 0.900. The monoisotopic (exact) mass is 233 g/mol. The molecule has 1 unspecified atom stereocenters. The molecule has 1 aliphatic heterocycles. The van der Waals surface area contributed by atoms with Crippen molar-refractivity contribution in [2.75, 3.05) is 0 Å². The molecule has 0 saturated heterocycles. The number of nitrogens with zero attached hydrogens (tertiary/aromatic N) is 1. The molecule has 1 rings (SSSR count). The van der Waals surface area contributed by atoms with E-state index >= 15 is 0 Å². The molecule has 0 saturated carbocycles. The summed E-state index contributed by atoms with van der Waals surface area (Å²) < 4.78 is 1.55. The quantitative estimate of drug-likeness (QED) is 0.522. The molecule has 0 bridgehead atoms. The van der Waals surface area contributed by atoms with Crippen LogP contribution in [0.3, 0.4) is 0 Å². The molecule has 1 nitrogen and oxygen atoms in total. The van der Waals surface area contributed by atoms with Crippen molar-refractivity contribution in [3.05, 3.63) is 0 Å². The van der Waals surface area contributed by atoms with Gasteiger partial charge in [-0.3, -0.25) is 0 Å². The van der Waals surface area contributed by atoms with Gasteiger partial charge in [-0.05, 0) is 0 Å². The summed E-state index contributed by atoms with van der Waals surface area (Å²) >= 11 is 0.750. The van der Waals surface area contributed by atoms with Gasteiger partial charge in [-0.2, -0.15) is 0 Å². The van der Waals surface area contributed by atoms with E-state index in [4.69, 9.17) is 4.99 Å². The third-order valence-corrected chi connectivity index (χ3v) is 4.43. The predicted octanol–water partition coefficient (Wildman–Crippen LogP) is 2.88. The molecule has 0 N–H and O–H groups in total. The van der Waals surface area contributed by atoms with Crippen LogP contribution < -0.4 is 0 Å². The molecule has 0 amide bonds. The van der Waals surface area contributed by atoms with Gasteiger partial charge in [-0.1, -0.05) is 0 Å². The zero-order valence-corrected chi connectivity index (χ0v) is 9.89. The summed E-state index contributed by atoms with van der Waals surface area (Å²) in [6.45, 7) is 4.51. The maximum atomic E-state index is 4.70. The molecule has 0 spiro atoms. The Bertz CT molecular complexity index is 154. The van der Waals surface area contributed by atoms with Gasteiger partial charge in [-0.25, -0.2) is 0 Å². The first-order chi connectivity index (χ1) is 5.83. The van der Waals surface area contributed by atoms with Crippen LogP contribution >= 0.6 is 0 Å². The van der Waals surface area contributed by atoms with Crippen LogP contribution in [0.5, 0.6) is 0 Å². The van der Waals surface area contributed by atoms with Gasteiger partial charge < -0.3 is 0 Å². The summed E-state index contributed by atoms with van der Waals surface area (Å²) in [5, 5.41) is 1.43. The Labute approximate surface area is 82.2 Å². The topological polar surface area (TPSA) is 12.4 Å². The number of unbranched alkanes of at least 4 members (excludes halogenated alkanes) is 2. The molecule has 0 aliphatic carbocycles. The van der Waals surface area contributed by atoms with Crippen LogP contribution in [-0.4, -0.2) is 25.6 Å². The molecule has 0 radical (unpaired) electrons. The van der Waals surface area contributed by atoms with Gasteiger partial charge >= 0.3 is 81.9 Å². The van der Waals surface area contributed by atoms with Crippen molar-refractivity contribution in [1.82, 2.24) is 0 Å². The van der Waals surface area contributed by atoms with Crippen LogP contribution in [0.2, 0.25) is 5.32 Å². The maximum absolute atomic E-state index is 4.70. The molecule has 0 aromatic rings. The summed E-state index contributed by atoms with van der Waals surface area (Å²) in [7, 11) is 0. The second kappa shape index (κ2) is 5.77. The number of hydrogen-bond donors (Lipinski definition) is 0. The average molecular weight is 232 g/mol. The first-order valence-corrected chi connectivity index (χ1v) is 7.09. The minimum absolute atomic E-state index is 0.622. The van der Waals surface area contributed by atoms with Crippen LogP contribution in [0.4, 0.5) is 0 Å². The third kappa shape index (κ3) is 3.73. The van der Waals surface area contributed by atoms with Gasteiger partial charge in [-0.15, -0.1) is 0 Å². The van der Waals surface area contributed by atoms with Gasteiger partial charge in [0, 0.05) is 0 Å². The summed E-state index contributed by atoms with van der Waals surface area (Å²) in [6, 6.07) is 0.622. The van der Waals surface area contributed by atoms with Crippen LogP contribution in [0.25, 0.3) is 0 Å². The Morgan fingerprint density at radius 1 is 1.50 bits per heavy atom. The van der Waals surface area contributed by atoms with E-state index in [1.807, 2.05) is 0 Å². The Morgan fingerprint density at radius 3 is 3.00 bits per heavy atom. The van der Waals surface area contributed by atoms with E-state index in [0.29, 0.717) is 6.04 Å². The Morgan fingerprint density at radius 2 is 2.33 bits per heavy atom. The summed E-state index contributed by atoms with van der Waals surface area (Å²) in [4.78, 5) is 4.70. The number of aliphatic imine (C=N–C) groups is 1. The van der Waals surface area contributed by atoms with E-state index in [1.54, 1.807) is 4.61 Å². The third-order valence-electron chi connectivity index (χ3n) is 2.16. The second-order valence-corrected chi connectivity index (χ2v) is 5.92. The fourth-order valence-corrected chi connectivity index (χ4v) is 3.95. The van der Waals surface area contributed by atoms with Gasteiger partial charge in [0.25, 0.3) is 0 Å². The average Bonchev–Trinajstić information content (AvgIpc) is 2.05. The summed E-state index contributed by atoms with van der Waals surface area (Å²) in [5.41, 5.74) is 0. The number of hydrogen-bond acceptors (Lipinski definition) is 1. The van der Waals surface area contributed by atoms with Crippen LogP contribution in [0.15, 0.2) is 4.99 Å². The first-order valence-electron chi connectivity index (χ1n) is 5.02. The molecule has 2 heteroatoms. The SMILES string of the molecule is CCCCCC1=NC(C)CC[Se]1. The zero-order valence-electron chi connectivity index (χ0n) is 8.18. The van der Waals surface area contributed by atoms with Gasteiger partial charge in [0.1, 0.15) is 0 Å². The van der Waals surface area contributed by atoms with Crippen molar-refractivity contribution in [3.8, 4) is 0 Å². The van der Waals surface area contributed by atoms with Crippen molar-refractivity contribution < 1.29 is 0 Å². The molecular weight excluding hydrogens is 213 g/mol. The number of rotatable bonds is 4. The van der Waals surface area contributed by atoms with Crippen molar-refractivity contribution >= 4 is 19.6 Å². The molecule has 1 heterocycles. The van der Waals surface area contributed by atoms with Crippen LogP contribution in [0.1, 0.15) is 46.0 Å². The first kappa shape index (κ1) is 10.3. The van der Waals surface area contributed by atoms with Crippen LogP contribution in [0, 0.1) is 0 Å². The molecule has 0 aromatic carbocycles. The van der Waals surface area contributed by atoms with Crippen LogP contribution in [-0.2, 0) is 0 Å². The molecule has 1 atom stereocenters. The van der Waals surface area contributed by atoms with E-state index in [9.17, 15) is 0 Å². The minimum atomic E-state index is 0.622. The molecule has 0 fully saturated rings. The van der Waals surface area contributed by atoms with E-state index in [1.165, 1.54) is 37.4 Å². The fourth-order valence-electron chi connectivity index (χ4n) is 1.36. The normalized spacial score (nSPS) is 23.8. The standard InChI is InChI=1S/C10H19NSe/c1-3-4-5-6-10-11-9(2)7-8-12-10/h9H,3-8H2,1-2H3. The van der Waals surface area contributed by atoms with Gasteiger partial charge in [0.05, 0.1) is 0 Å². The zero-order chi connectivity index (χ0) is 8.81. The van der Waals surface area contributed by atoms with E-state index < -0.39 is 0 Å². The van der Waals surface area contributed by atoms with Crippen molar-refractivity contribution in [1.29, 1.82) is 0 Å². The van der Waals surface area contributed by atoms with Crippen molar-refractivity contribution in [2.24, 2.45) is 4.99 Å². The predicted molar refractivity (Wildman–Crippen MR) is 56.2 cm³/mol. The second-order valence-electron chi connectivity index (χ2n) is 3.47. The summed E-state index contributed by atoms with van der Waals surface area (Å²) in [5.74, 6) is 0. The Balaban J connectivity index is 2.21. The summed E-state index contributed by atoms with van der Waals surface area (Å²) in [6.07, 6.45) is 6.69. The van der Waals surface area contributed by atoms with Gasteiger partial charge in [0.15, 0.2) is 0 Å². The molecular formula is C10H19NSe. The molecule has 12 heavy (non-hydrogen) atoms. The Hall–Kier alpha value is 0.189.